The Kier molecular flexibility index (Phi) is 1.42. The molecular formula is C8H8N2O3. The van der Waals surface area contributed by atoms with Crippen molar-refractivity contribution in [2.45, 2.75) is 12.5 Å². The number of carbonyl (C=O) groups excluding carboxylic acids is 2. The lowest BCUT2D eigenvalue weighted by Gasteiger charge is -2.17. The van der Waals surface area contributed by atoms with Gasteiger partial charge in [0.15, 0.2) is 0 Å². The van der Waals surface area contributed by atoms with Crippen LogP contribution in [0, 0.1) is 0 Å². The summed E-state index contributed by atoms with van der Waals surface area (Å²) >= 11 is 0. The molecule has 1 aromatic rings. The Hall–Kier alpha value is -1.78. The van der Waals surface area contributed by atoms with Gasteiger partial charge in [-0.05, 0) is 13.0 Å². The van der Waals surface area contributed by atoms with Crippen LogP contribution in [0.1, 0.15) is 12.5 Å². The standard InChI is InChI=1S/C8H8N2O3/c1-8(5-2-3-13-4-5)6(11)9-7(12)10-8/h2-4H,1H3,(H2,9,10,11,12). The van der Waals surface area contributed by atoms with Crippen LogP contribution in [0.3, 0.4) is 0 Å². The van der Waals surface area contributed by atoms with E-state index >= 15 is 0 Å². The summed E-state index contributed by atoms with van der Waals surface area (Å²) in [6.07, 6.45) is 2.89. The summed E-state index contributed by atoms with van der Waals surface area (Å²) in [5.74, 6) is -0.362. The van der Waals surface area contributed by atoms with E-state index in [1.807, 2.05) is 0 Å². The fraction of sp³-hybridized carbons (Fsp3) is 0.250. The smallest absolute Gasteiger partial charge is 0.322 e. The SMILES string of the molecule is CC1(c2ccoc2)NC(=O)NC1=O. The highest BCUT2D eigenvalue weighted by Gasteiger charge is 2.43. The summed E-state index contributed by atoms with van der Waals surface area (Å²) in [6, 6.07) is 1.17. The van der Waals surface area contributed by atoms with E-state index in [4.69, 9.17) is 4.42 Å². The van der Waals surface area contributed by atoms with Crippen LogP contribution in [0.5, 0.6) is 0 Å². The van der Waals surface area contributed by atoms with Crippen molar-refractivity contribution in [3.63, 3.8) is 0 Å². The lowest BCUT2D eigenvalue weighted by atomic mass is 9.95. The van der Waals surface area contributed by atoms with Gasteiger partial charge in [0.05, 0.1) is 12.5 Å². The highest BCUT2D eigenvalue weighted by Crippen LogP contribution is 2.24. The number of amides is 3. The van der Waals surface area contributed by atoms with Gasteiger partial charge in [0.2, 0.25) is 0 Å². The topological polar surface area (TPSA) is 71.3 Å². The molecule has 0 aromatic carbocycles. The van der Waals surface area contributed by atoms with Gasteiger partial charge >= 0.3 is 6.03 Å². The molecule has 1 aliphatic heterocycles. The van der Waals surface area contributed by atoms with Gasteiger partial charge in [0, 0.05) is 5.56 Å². The molecule has 1 atom stereocenters. The second kappa shape index (κ2) is 2.35. The first-order chi connectivity index (χ1) is 6.13. The maximum Gasteiger partial charge on any atom is 0.322 e. The molecule has 13 heavy (non-hydrogen) atoms. The summed E-state index contributed by atoms with van der Waals surface area (Å²) < 4.78 is 4.84. The van der Waals surface area contributed by atoms with Crippen LogP contribution in [-0.4, -0.2) is 11.9 Å². The molecule has 1 saturated heterocycles. The second-order valence-electron chi connectivity index (χ2n) is 3.05. The highest BCUT2D eigenvalue weighted by atomic mass is 16.3. The average Bonchev–Trinajstić information content (AvgIpc) is 2.61. The summed E-state index contributed by atoms with van der Waals surface area (Å²) in [5, 5.41) is 4.69. The van der Waals surface area contributed by atoms with E-state index in [1.54, 1.807) is 13.0 Å². The Bertz CT molecular complexity index is 357. The number of nitrogens with one attached hydrogen (secondary N) is 2. The van der Waals surface area contributed by atoms with Crippen molar-refractivity contribution in [3.8, 4) is 0 Å². The lowest BCUT2D eigenvalue weighted by molar-refractivity contribution is -0.123. The van der Waals surface area contributed by atoms with Crippen LogP contribution in [0.4, 0.5) is 4.79 Å². The summed E-state index contributed by atoms with van der Waals surface area (Å²) in [5.41, 5.74) is -0.361. The molecule has 0 radical (unpaired) electrons. The Morgan fingerprint density at radius 3 is 2.69 bits per heavy atom. The number of furan rings is 1. The van der Waals surface area contributed by atoms with Crippen LogP contribution >= 0.6 is 0 Å². The number of imide groups is 1. The summed E-state index contributed by atoms with van der Waals surface area (Å²) in [4.78, 5) is 22.3. The first-order valence-electron chi connectivity index (χ1n) is 3.79. The highest BCUT2D eigenvalue weighted by molar-refractivity contribution is 6.07. The minimum absolute atomic E-state index is 0.362. The third-order valence-electron chi connectivity index (χ3n) is 2.14. The van der Waals surface area contributed by atoms with E-state index in [-0.39, 0.29) is 5.91 Å². The molecule has 1 fully saturated rings. The maximum absolute atomic E-state index is 11.4. The normalized spacial score (nSPS) is 27.2. The molecule has 0 aliphatic carbocycles. The van der Waals surface area contributed by atoms with Crippen molar-refractivity contribution in [3.05, 3.63) is 24.2 Å². The van der Waals surface area contributed by atoms with Gasteiger partial charge in [-0.3, -0.25) is 10.1 Å². The predicted molar refractivity (Wildman–Crippen MR) is 42.7 cm³/mol. The molecule has 5 heteroatoms. The Morgan fingerprint density at radius 2 is 2.23 bits per heavy atom. The van der Waals surface area contributed by atoms with E-state index in [1.165, 1.54) is 12.5 Å². The molecule has 5 nitrogen and oxygen atoms in total. The van der Waals surface area contributed by atoms with Crippen molar-refractivity contribution in [2.24, 2.45) is 0 Å². The number of carbonyl (C=O) groups is 2. The molecule has 1 aromatic heterocycles. The second-order valence-corrected chi connectivity index (χ2v) is 3.05. The summed E-state index contributed by atoms with van der Waals surface area (Å²) in [6.45, 7) is 1.62. The van der Waals surface area contributed by atoms with E-state index in [0.29, 0.717) is 5.56 Å². The monoisotopic (exact) mass is 180 g/mol. The minimum Gasteiger partial charge on any atom is -0.472 e. The third kappa shape index (κ3) is 1.00. The van der Waals surface area contributed by atoms with Gasteiger partial charge in [0.1, 0.15) is 5.54 Å². The molecule has 3 amide bonds. The third-order valence-corrected chi connectivity index (χ3v) is 2.14. The van der Waals surface area contributed by atoms with Crippen LogP contribution in [0.15, 0.2) is 23.0 Å². The van der Waals surface area contributed by atoms with Crippen LogP contribution in [0.2, 0.25) is 0 Å². The van der Waals surface area contributed by atoms with Crippen molar-refractivity contribution < 1.29 is 14.0 Å². The molecule has 0 saturated carbocycles. The van der Waals surface area contributed by atoms with Crippen molar-refractivity contribution in [1.82, 2.24) is 10.6 Å². The molecule has 0 bridgehead atoms. The molecule has 2 N–H and O–H groups in total. The largest absolute Gasteiger partial charge is 0.472 e. The first kappa shape index (κ1) is 7.85. The van der Waals surface area contributed by atoms with E-state index in [0.717, 1.165) is 0 Å². The minimum atomic E-state index is -0.996. The number of urea groups is 1. The van der Waals surface area contributed by atoms with Gasteiger partial charge in [-0.1, -0.05) is 0 Å². The quantitative estimate of drug-likeness (QED) is 0.612. The van der Waals surface area contributed by atoms with Gasteiger partial charge < -0.3 is 9.73 Å². The van der Waals surface area contributed by atoms with Crippen LogP contribution in [-0.2, 0) is 10.3 Å². The fourth-order valence-corrected chi connectivity index (χ4v) is 1.30. The Morgan fingerprint density at radius 1 is 1.46 bits per heavy atom. The maximum atomic E-state index is 11.4. The first-order valence-corrected chi connectivity index (χ1v) is 3.79. The molecule has 2 heterocycles. The van der Waals surface area contributed by atoms with Crippen LogP contribution < -0.4 is 10.6 Å². The van der Waals surface area contributed by atoms with Gasteiger partial charge in [-0.25, -0.2) is 4.79 Å². The van der Waals surface area contributed by atoms with Gasteiger partial charge in [-0.2, -0.15) is 0 Å². The number of hydrogen-bond acceptors (Lipinski definition) is 3. The Labute approximate surface area is 74.1 Å². The molecule has 1 aliphatic rings. The summed E-state index contributed by atoms with van der Waals surface area (Å²) in [7, 11) is 0. The van der Waals surface area contributed by atoms with E-state index in [9.17, 15) is 9.59 Å². The molecule has 1 unspecified atom stereocenters. The zero-order valence-corrected chi connectivity index (χ0v) is 6.96. The predicted octanol–water partition coefficient (Wildman–Crippen LogP) is 0.334. The fourth-order valence-electron chi connectivity index (χ4n) is 1.30. The average molecular weight is 180 g/mol. The zero-order valence-electron chi connectivity index (χ0n) is 6.96. The van der Waals surface area contributed by atoms with Crippen molar-refractivity contribution in [2.75, 3.05) is 0 Å². The van der Waals surface area contributed by atoms with Gasteiger partial charge in [0.25, 0.3) is 5.91 Å². The lowest BCUT2D eigenvalue weighted by Crippen LogP contribution is -2.40. The van der Waals surface area contributed by atoms with E-state index in [2.05, 4.69) is 10.6 Å². The molecular weight excluding hydrogens is 172 g/mol. The molecule has 2 rings (SSSR count). The zero-order chi connectivity index (χ0) is 9.47. The number of hydrogen-bond donors (Lipinski definition) is 2. The Balaban J connectivity index is 2.42. The van der Waals surface area contributed by atoms with Crippen molar-refractivity contribution in [1.29, 1.82) is 0 Å². The number of rotatable bonds is 1. The van der Waals surface area contributed by atoms with Gasteiger partial charge in [-0.15, -0.1) is 0 Å². The molecule has 0 spiro atoms. The van der Waals surface area contributed by atoms with Crippen LogP contribution in [0.25, 0.3) is 0 Å². The van der Waals surface area contributed by atoms with E-state index < -0.39 is 11.6 Å². The molecule has 68 valence electrons. The van der Waals surface area contributed by atoms with Crippen molar-refractivity contribution >= 4 is 11.9 Å².